The molecule has 3 rings (SSSR count). The molecule has 0 atom stereocenters. The largest absolute Gasteiger partial charge is 0.462 e. The van der Waals surface area contributed by atoms with Gasteiger partial charge in [-0.25, -0.2) is 9.79 Å². The van der Waals surface area contributed by atoms with Crippen LogP contribution in [0.2, 0.25) is 0 Å². The first-order chi connectivity index (χ1) is 14.0. The lowest BCUT2D eigenvalue weighted by Crippen LogP contribution is -2.21. The molecule has 0 bridgehead atoms. The number of halogens is 1. The summed E-state index contributed by atoms with van der Waals surface area (Å²) in [7, 11) is 0. The van der Waals surface area contributed by atoms with E-state index in [4.69, 9.17) is 20.7 Å². The fourth-order valence-corrected chi connectivity index (χ4v) is 2.47. The SMILES string of the molecule is CCOC(=O)c1ccc(NC(=O)c2cc(-c3ccc(N=C(N)N)cc3)on2)cc1.Cl. The third kappa shape index (κ3) is 5.58. The van der Waals surface area contributed by atoms with Crippen LogP contribution in [0, 0.1) is 0 Å². The molecule has 2 aromatic carbocycles. The number of amides is 1. The van der Waals surface area contributed by atoms with Crippen LogP contribution in [0.25, 0.3) is 11.3 Å². The van der Waals surface area contributed by atoms with E-state index in [-0.39, 0.29) is 24.1 Å². The van der Waals surface area contributed by atoms with Gasteiger partial charge in [-0.2, -0.15) is 0 Å². The van der Waals surface area contributed by atoms with Gasteiger partial charge in [0.2, 0.25) is 0 Å². The molecule has 1 heterocycles. The van der Waals surface area contributed by atoms with Crippen molar-refractivity contribution in [2.45, 2.75) is 6.92 Å². The number of carbonyl (C=O) groups is 2. The average molecular weight is 430 g/mol. The zero-order valence-corrected chi connectivity index (χ0v) is 16.8. The van der Waals surface area contributed by atoms with Gasteiger partial charge in [-0.3, -0.25) is 4.79 Å². The lowest BCUT2D eigenvalue weighted by molar-refractivity contribution is 0.0526. The number of guanidine groups is 1. The Kier molecular flexibility index (Phi) is 7.54. The number of hydrogen-bond acceptors (Lipinski definition) is 6. The molecule has 156 valence electrons. The number of rotatable bonds is 6. The van der Waals surface area contributed by atoms with Crippen LogP contribution in [0.4, 0.5) is 11.4 Å². The zero-order chi connectivity index (χ0) is 20.8. The first-order valence-corrected chi connectivity index (χ1v) is 8.71. The van der Waals surface area contributed by atoms with E-state index < -0.39 is 11.9 Å². The highest BCUT2D eigenvalue weighted by molar-refractivity contribution is 6.03. The fraction of sp³-hybridized carbons (Fsp3) is 0.100. The van der Waals surface area contributed by atoms with Gasteiger partial charge in [0.25, 0.3) is 5.91 Å². The molecular weight excluding hydrogens is 410 g/mol. The summed E-state index contributed by atoms with van der Waals surface area (Å²) in [6, 6.07) is 14.8. The molecule has 0 aliphatic heterocycles. The van der Waals surface area contributed by atoms with E-state index in [1.54, 1.807) is 55.5 Å². The van der Waals surface area contributed by atoms with Crippen LogP contribution in [-0.4, -0.2) is 29.6 Å². The number of hydrogen-bond donors (Lipinski definition) is 3. The lowest BCUT2D eigenvalue weighted by atomic mass is 10.1. The number of nitrogens with two attached hydrogens (primary N) is 2. The van der Waals surface area contributed by atoms with E-state index >= 15 is 0 Å². The van der Waals surface area contributed by atoms with Crippen molar-refractivity contribution in [1.29, 1.82) is 0 Å². The molecule has 1 amide bonds. The normalized spacial score (nSPS) is 9.90. The molecule has 0 saturated carbocycles. The molecule has 0 radical (unpaired) electrons. The number of ether oxygens (including phenoxy) is 1. The van der Waals surface area contributed by atoms with Gasteiger partial charge in [-0.15, -0.1) is 12.4 Å². The Labute approximate surface area is 178 Å². The summed E-state index contributed by atoms with van der Waals surface area (Å²) in [4.78, 5) is 28.0. The maximum Gasteiger partial charge on any atom is 0.338 e. The second kappa shape index (κ2) is 10.1. The number of nitrogens with zero attached hydrogens (tertiary/aromatic N) is 2. The highest BCUT2D eigenvalue weighted by atomic mass is 35.5. The summed E-state index contributed by atoms with van der Waals surface area (Å²) >= 11 is 0. The van der Waals surface area contributed by atoms with Gasteiger partial charge >= 0.3 is 5.97 Å². The molecule has 30 heavy (non-hydrogen) atoms. The standard InChI is InChI=1S/C20H19N5O4.ClH/c1-2-28-19(27)13-5-9-14(10-6-13)23-18(26)16-11-17(29-25-16)12-3-7-15(8-4-12)24-20(21)22;/h3-11H,2H2,1H3,(H,23,26)(H4,21,22,24);1H. The van der Waals surface area contributed by atoms with E-state index in [2.05, 4.69) is 15.5 Å². The Balaban J connectivity index is 0.00000320. The molecule has 10 heteroatoms. The summed E-state index contributed by atoms with van der Waals surface area (Å²) in [5.41, 5.74) is 13.0. The Hall–Kier alpha value is -3.85. The molecule has 5 N–H and O–H groups in total. The van der Waals surface area contributed by atoms with Gasteiger partial charge in [0, 0.05) is 17.3 Å². The number of nitrogens with one attached hydrogen (secondary N) is 1. The van der Waals surface area contributed by atoms with E-state index in [9.17, 15) is 9.59 Å². The molecule has 0 unspecified atom stereocenters. The molecule has 0 saturated heterocycles. The third-order valence-electron chi connectivity index (χ3n) is 3.81. The molecule has 0 fully saturated rings. The van der Waals surface area contributed by atoms with Crippen molar-refractivity contribution in [2.75, 3.05) is 11.9 Å². The van der Waals surface area contributed by atoms with Gasteiger partial charge in [-0.05, 0) is 55.5 Å². The number of carbonyl (C=O) groups excluding carboxylic acids is 2. The van der Waals surface area contributed by atoms with Crippen molar-refractivity contribution in [1.82, 2.24) is 5.16 Å². The Morgan fingerprint density at radius 3 is 2.37 bits per heavy atom. The first kappa shape index (κ1) is 22.4. The summed E-state index contributed by atoms with van der Waals surface area (Å²) in [5, 5.41) is 6.49. The molecule has 9 nitrogen and oxygen atoms in total. The van der Waals surface area contributed by atoms with Crippen molar-refractivity contribution in [3.63, 3.8) is 0 Å². The van der Waals surface area contributed by atoms with Crippen molar-refractivity contribution in [3.8, 4) is 11.3 Å². The average Bonchev–Trinajstić information content (AvgIpc) is 3.19. The Morgan fingerprint density at radius 1 is 1.10 bits per heavy atom. The predicted molar refractivity (Wildman–Crippen MR) is 115 cm³/mol. The minimum absolute atomic E-state index is 0. The monoisotopic (exact) mass is 429 g/mol. The van der Waals surface area contributed by atoms with E-state index in [1.807, 2.05) is 0 Å². The highest BCUT2D eigenvalue weighted by Gasteiger charge is 2.14. The number of aliphatic imine (C=N–C) groups is 1. The van der Waals surface area contributed by atoms with Crippen LogP contribution < -0.4 is 16.8 Å². The van der Waals surface area contributed by atoms with Gasteiger partial charge in [-0.1, -0.05) is 5.16 Å². The van der Waals surface area contributed by atoms with E-state index in [1.165, 1.54) is 6.07 Å². The maximum atomic E-state index is 12.4. The van der Waals surface area contributed by atoms with Crippen LogP contribution in [0.5, 0.6) is 0 Å². The Morgan fingerprint density at radius 2 is 1.77 bits per heavy atom. The van der Waals surface area contributed by atoms with Crippen LogP contribution in [0.1, 0.15) is 27.8 Å². The highest BCUT2D eigenvalue weighted by Crippen LogP contribution is 2.24. The minimum Gasteiger partial charge on any atom is -0.462 e. The smallest absolute Gasteiger partial charge is 0.338 e. The summed E-state index contributed by atoms with van der Waals surface area (Å²) in [6.07, 6.45) is 0. The van der Waals surface area contributed by atoms with E-state index in [0.29, 0.717) is 34.9 Å². The number of benzene rings is 2. The Bertz CT molecular complexity index is 1040. The number of aromatic nitrogens is 1. The molecule has 1 aromatic heterocycles. The van der Waals surface area contributed by atoms with Crippen LogP contribution in [0.3, 0.4) is 0 Å². The second-order valence-electron chi connectivity index (χ2n) is 5.91. The molecular formula is C20H20ClN5O4. The topological polar surface area (TPSA) is 146 Å². The molecule has 0 spiro atoms. The molecule has 0 aliphatic rings. The zero-order valence-electron chi connectivity index (χ0n) is 16.0. The van der Waals surface area contributed by atoms with Crippen molar-refractivity contribution < 1.29 is 18.8 Å². The third-order valence-corrected chi connectivity index (χ3v) is 3.81. The summed E-state index contributed by atoms with van der Waals surface area (Å²) in [5.74, 6) is -0.478. The lowest BCUT2D eigenvalue weighted by Gasteiger charge is -2.05. The quantitative estimate of drug-likeness (QED) is 0.310. The fourth-order valence-electron chi connectivity index (χ4n) is 2.47. The summed E-state index contributed by atoms with van der Waals surface area (Å²) in [6.45, 7) is 2.03. The van der Waals surface area contributed by atoms with Crippen molar-refractivity contribution >= 4 is 41.6 Å². The van der Waals surface area contributed by atoms with Crippen LogP contribution in [-0.2, 0) is 4.74 Å². The second-order valence-corrected chi connectivity index (χ2v) is 5.91. The van der Waals surface area contributed by atoms with Crippen LogP contribution in [0.15, 0.2) is 64.1 Å². The molecule has 0 aliphatic carbocycles. The molecule has 3 aromatic rings. The maximum absolute atomic E-state index is 12.4. The minimum atomic E-state index is -0.444. The van der Waals surface area contributed by atoms with Crippen LogP contribution >= 0.6 is 12.4 Å². The predicted octanol–water partition coefficient (Wildman–Crippen LogP) is 3.10. The number of esters is 1. The van der Waals surface area contributed by atoms with Gasteiger partial charge in [0.05, 0.1) is 17.9 Å². The van der Waals surface area contributed by atoms with Gasteiger partial charge in [0.1, 0.15) is 0 Å². The van der Waals surface area contributed by atoms with Crippen molar-refractivity contribution in [3.05, 3.63) is 65.9 Å². The van der Waals surface area contributed by atoms with Gasteiger partial charge < -0.3 is 26.0 Å². The number of anilines is 1. The summed E-state index contributed by atoms with van der Waals surface area (Å²) < 4.78 is 10.2. The first-order valence-electron chi connectivity index (χ1n) is 8.71. The van der Waals surface area contributed by atoms with E-state index in [0.717, 1.165) is 0 Å². The van der Waals surface area contributed by atoms with Crippen molar-refractivity contribution in [2.24, 2.45) is 16.5 Å². The van der Waals surface area contributed by atoms with Gasteiger partial charge in [0.15, 0.2) is 17.4 Å².